The van der Waals surface area contributed by atoms with Crippen molar-refractivity contribution in [3.05, 3.63) is 40.2 Å². The lowest BCUT2D eigenvalue weighted by atomic mass is 10.1. The number of halogens is 1. The summed E-state index contributed by atoms with van der Waals surface area (Å²) in [6, 6.07) is 4.78. The van der Waals surface area contributed by atoms with Crippen molar-refractivity contribution in [1.29, 1.82) is 0 Å². The van der Waals surface area contributed by atoms with Gasteiger partial charge >= 0.3 is 0 Å². The summed E-state index contributed by atoms with van der Waals surface area (Å²) in [5.41, 5.74) is 2.79. The molecule has 0 atom stereocenters. The fraction of sp³-hybridized carbons (Fsp3) is 0.357. The number of rotatable bonds is 5. The fourth-order valence-corrected chi connectivity index (χ4v) is 3.03. The van der Waals surface area contributed by atoms with E-state index in [4.69, 9.17) is 4.74 Å². The van der Waals surface area contributed by atoms with Crippen molar-refractivity contribution in [2.75, 3.05) is 14.2 Å². The van der Waals surface area contributed by atoms with E-state index in [0.29, 0.717) is 6.61 Å². The van der Waals surface area contributed by atoms with Crippen LogP contribution in [0.5, 0.6) is 0 Å². The molecule has 0 aliphatic rings. The van der Waals surface area contributed by atoms with Gasteiger partial charge in [-0.3, -0.25) is 0 Å². The molecule has 2 aromatic rings. The molecule has 1 heterocycles. The van der Waals surface area contributed by atoms with Gasteiger partial charge in [0, 0.05) is 24.1 Å². The van der Waals surface area contributed by atoms with E-state index in [1.165, 1.54) is 12.1 Å². The van der Waals surface area contributed by atoms with Gasteiger partial charge in [-0.05, 0) is 31.7 Å². The lowest BCUT2D eigenvalue weighted by molar-refractivity contribution is 0.181. The molecule has 1 aromatic heterocycles. The highest BCUT2D eigenvalue weighted by Crippen LogP contribution is 2.31. The van der Waals surface area contributed by atoms with Crippen molar-refractivity contribution in [2.24, 2.45) is 0 Å². The van der Waals surface area contributed by atoms with Gasteiger partial charge in [0.2, 0.25) is 0 Å². The van der Waals surface area contributed by atoms with Crippen LogP contribution in [0.3, 0.4) is 0 Å². The van der Waals surface area contributed by atoms with Crippen LogP contribution < -0.4 is 5.32 Å². The van der Waals surface area contributed by atoms with Crippen LogP contribution in [-0.2, 0) is 17.9 Å². The van der Waals surface area contributed by atoms with Crippen LogP contribution in [0, 0.1) is 12.7 Å². The van der Waals surface area contributed by atoms with Crippen molar-refractivity contribution in [3.63, 3.8) is 0 Å². The van der Waals surface area contributed by atoms with Crippen molar-refractivity contribution in [3.8, 4) is 10.6 Å². The molecule has 0 bridgehead atoms. The Hall–Kier alpha value is -1.30. The molecule has 19 heavy (non-hydrogen) atoms. The highest BCUT2D eigenvalue weighted by atomic mass is 32.1. The normalized spacial score (nSPS) is 10.9. The number of hydrogen-bond acceptors (Lipinski definition) is 4. The molecule has 1 N–H and O–H groups in total. The van der Waals surface area contributed by atoms with E-state index < -0.39 is 0 Å². The first-order valence-electron chi connectivity index (χ1n) is 6.04. The Kier molecular flexibility index (Phi) is 4.63. The number of ether oxygens (including phenoxy) is 1. The van der Waals surface area contributed by atoms with E-state index >= 15 is 0 Å². The largest absolute Gasteiger partial charge is 0.378 e. The molecule has 1 aromatic carbocycles. The molecule has 0 saturated heterocycles. The van der Waals surface area contributed by atoms with Gasteiger partial charge in [-0.1, -0.05) is 6.07 Å². The molecule has 0 saturated carbocycles. The van der Waals surface area contributed by atoms with Crippen LogP contribution in [0.1, 0.15) is 16.1 Å². The minimum Gasteiger partial charge on any atom is -0.378 e. The Morgan fingerprint density at radius 1 is 1.42 bits per heavy atom. The molecule has 0 aliphatic carbocycles. The first kappa shape index (κ1) is 14.1. The van der Waals surface area contributed by atoms with E-state index in [1.807, 2.05) is 14.0 Å². The van der Waals surface area contributed by atoms with E-state index in [1.54, 1.807) is 24.5 Å². The van der Waals surface area contributed by atoms with Gasteiger partial charge < -0.3 is 10.1 Å². The van der Waals surface area contributed by atoms with Crippen molar-refractivity contribution >= 4 is 11.3 Å². The van der Waals surface area contributed by atoms with Crippen LogP contribution >= 0.6 is 11.3 Å². The monoisotopic (exact) mass is 280 g/mol. The zero-order valence-electron chi connectivity index (χ0n) is 11.3. The molecular formula is C14H17FN2OS. The predicted molar refractivity (Wildman–Crippen MR) is 75.7 cm³/mol. The van der Waals surface area contributed by atoms with Crippen LogP contribution in [0.2, 0.25) is 0 Å². The standard InChI is InChI=1S/C14H17FN2OS/c1-9-4-5-10(15)6-11(9)14-17-12(8-18-3)13(19-14)7-16-2/h4-6,16H,7-8H2,1-3H3. The lowest BCUT2D eigenvalue weighted by Crippen LogP contribution is -2.06. The Morgan fingerprint density at radius 2 is 2.21 bits per heavy atom. The fourth-order valence-electron chi connectivity index (χ4n) is 1.87. The summed E-state index contributed by atoms with van der Waals surface area (Å²) < 4.78 is 18.5. The zero-order valence-corrected chi connectivity index (χ0v) is 12.1. The molecule has 0 radical (unpaired) electrons. The average molecular weight is 280 g/mol. The Balaban J connectivity index is 2.44. The molecule has 102 valence electrons. The average Bonchev–Trinajstić information content (AvgIpc) is 2.77. The van der Waals surface area contributed by atoms with E-state index in [-0.39, 0.29) is 5.82 Å². The van der Waals surface area contributed by atoms with E-state index in [2.05, 4.69) is 10.3 Å². The first-order valence-corrected chi connectivity index (χ1v) is 6.86. The van der Waals surface area contributed by atoms with Crippen LogP contribution in [0.4, 0.5) is 4.39 Å². The van der Waals surface area contributed by atoms with Crippen molar-refractivity contribution in [2.45, 2.75) is 20.1 Å². The smallest absolute Gasteiger partial charge is 0.124 e. The number of hydrogen-bond donors (Lipinski definition) is 1. The van der Waals surface area contributed by atoms with Crippen LogP contribution in [-0.4, -0.2) is 19.1 Å². The summed E-state index contributed by atoms with van der Waals surface area (Å²) >= 11 is 1.58. The van der Waals surface area contributed by atoms with Crippen molar-refractivity contribution in [1.82, 2.24) is 10.3 Å². The summed E-state index contributed by atoms with van der Waals surface area (Å²) in [4.78, 5) is 5.71. The second kappa shape index (κ2) is 6.23. The molecule has 0 aliphatic heterocycles. The molecule has 0 unspecified atom stereocenters. The second-order valence-corrected chi connectivity index (χ2v) is 5.40. The number of aromatic nitrogens is 1. The van der Waals surface area contributed by atoms with Crippen molar-refractivity contribution < 1.29 is 9.13 Å². The minimum atomic E-state index is -0.237. The maximum atomic E-state index is 13.4. The number of thiazole rings is 1. The Labute approximate surface area is 116 Å². The van der Waals surface area contributed by atoms with Crippen LogP contribution in [0.25, 0.3) is 10.6 Å². The van der Waals surface area contributed by atoms with Crippen LogP contribution in [0.15, 0.2) is 18.2 Å². The SMILES string of the molecule is CNCc1sc(-c2cc(F)ccc2C)nc1COC. The quantitative estimate of drug-likeness (QED) is 0.913. The summed E-state index contributed by atoms with van der Waals surface area (Å²) in [6.45, 7) is 3.18. The van der Waals surface area contributed by atoms with E-state index in [0.717, 1.165) is 33.3 Å². The molecule has 0 spiro atoms. The molecule has 3 nitrogen and oxygen atoms in total. The Bertz CT molecular complexity index is 545. The van der Waals surface area contributed by atoms with Gasteiger partial charge in [-0.15, -0.1) is 11.3 Å². The first-order chi connectivity index (χ1) is 9.15. The molecule has 5 heteroatoms. The van der Waals surface area contributed by atoms with Gasteiger partial charge in [0.1, 0.15) is 10.8 Å². The number of nitrogens with one attached hydrogen (secondary N) is 1. The summed E-state index contributed by atoms with van der Waals surface area (Å²) in [5.74, 6) is -0.237. The molecule has 0 fully saturated rings. The summed E-state index contributed by atoms with van der Waals surface area (Å²) in [6.07, 6.45) is 0. The highest BCUT2D eigenvalue weighted by Gasteiger charge is 2.14. The minimum absolute atomic E-state index is 0.237. The predicted octanol–water partition coefficient (Wildman–Crippen LogP) is 3.12. The highest BCUT2D eigenvalue weighted by molar-refractivity contribution is 7.15. The van der Waals surface area contributed by atoms with Gasteiger partial charge in [-0.2, -0.15) is 0 Å². The summed E-state index contributed by atoms with van der Waals surface area (Å²) in [5, 5.41) is 3.96. The summed E-state index contributed by atoms with van der Waals surface area (Å²) in [7, 11) is 3.54. The van der Waals surface area contributed by atoms with Gasteiger partial charge in [0.15, 0.2) is 0 Å². The number of methoxy groups -OCH3 is 1. The number of benzene rings is 1. The molecular weight excluding hydrogens is 263 g/mol. The topological polar surface area (TPSA) is 34.2 Å². The number of nitrogens with zero attached hydrogens (tertiary/aromatic N) is 1. The van der Waals surface area contributed by atoms with Gasteiger partial charge in [0.25, 0.3) is 0 Å². The third-order valence-electron chi connectivity index (χ3n) is 2.83. The second-order valence-electron chi connectivity index (χ2n) is 4.31. The lowest BCUT2D eigenvalue weighted by Gasteiger charge is -2.01. The Morgan fingerprint density at radius 3 is 2.89 bits per heavy atom. The van der Waals surface area contributed by atoms with E-state index in [9.17, 15) is 4.39 Å². The van der Waals surface area contributed by atoms with Gasteiger partial charge in [0.05, 0.1) is 12.3 Å². The molecule has 2 rings (SSSR count). The number of aryl methyl sites for hydroxylation is 1. The van der Waals surface area contributed by atoms with Gasteiger partial charge in [-0.25, -0.2) is 9.37 Å². The zero-order chi connectivity index (χ0) is 13.8. The third-order valence-corrected chi connectivity index (χ3v) is 3.96. The molecule has 0 amide bonds. The maximum Gasteiger partial charge on any atom is 0.124 e. The third kappa shape index (κ3) is 3.18. The maximum absolute atomic E-state index is 13.4.